The number of rotatable bonds is 0. The van der Waals surface area contributed by atoms with Gasteiger partial charge < -0.3 is 0 Å². The van der Waals surface area contributed by atoms with E-state index in [-0.39, 0.29) is 0 Å². The van der Waals surface area contributed by atoms with Crippen molar-refractivity contribution in [3.8, 4) is 0 Å². The summed E-state index contributed by atoms with van der Waals surface area (Å²) >= 11 is 0. The van der Waals surface area contributed by atoms with Gasteiger partial charge in [0.15, 0.2) is 0 Å². The monoisotopic (exact) mass is 187 g/mol. The molecule has 1 aliphatic heterocycles. The first kappa shape index (κ1) is 6.54. The smallest absolute Gasteiger partial charge is 0.0806 e. The lowest BCUT2D eigenvalue weighted by atomic mass is 11.7. The van der Waals surface area contributed by atoms with Crippen LogP contribution in [-0.4, -0.2) is 5.55 Å². The van der Waals surface area contributed by atoms with Gasteiger partial charge in [0.1, 0.15) is 0 Å². The topological polar surface area (TPSA) is 12.4 Å². The minimum absolute atomic E-state index is 1.52. The molecule has 0 bridgehead atoms. The molecule has 7 heavy (non-hydrogen) atoms. The number of hydrogen-bond acceptors (Lipinski definition) is 6. The Labute approximate surface area is 61.0 Å². The van der Waals surface area contributed by atoms with Crippen molar-refractivity contribution in [1.82, 2.24) is 0 Å². The van der Waals surface area contributed by atoms with Crippen LogP contribution in [-0.2, 0) is 0 Å². The van der Waals surface area contributed by atoms with Crippen LogP contribution < -0.4 is 0 Å². The SMILES string of the molecule is C1=NSSSSS1. The lowest BCUT2D eigenvalue weighted by Crippen LogP contribution is -1.43. The first-order valence-corrected chi connectivity index (χ1v) is 7.51. The molecule has 0 fully saturated rings. The van der Waals surface area contributed by atoms with Crippen molar-refractivity contribution < 1.29 is 0 Å². The third-order valence-electron chi connectivity index (χ3n) is 0.254. The van der Waals surface area contributed by atoms with Gasteiger partial charge in [0.25, 0.3) is 0 Å². The Hall–Kier alpha value is 1.42. The van der Waals surface area contributed by atoms with E-state index in [2.05, 4.69) is 4.40 Å². The maximum Gasteiger partial charge on any atom is 0.0806 e. The summed E-state index contributed by atoms with van der Waals surface area (Å²) in [6.45, 7) is 0. The summed E-state index contributed by atoms with van der Waals surface area (Å²) in [5.74, 6) is 0. The van der Waals surface area contributed by atoms with Crippen LogP contribution in [0, 0.1) is 0 Å². The lowest BCUT2D eigenvalue weighted by Gasteiger charge is -1.81. The van der Waals surface area contributed by atoms with Gasteiger partial charge in [0.05, 0.1) is 16.5 Å². The van der Waals surface area contributed by atoms with E-state index in [0.717, 1.165) is 0 Å². The van der Waals surface area contributed by atoms with E-state index in [1.807, 2.05) is 5.55 Å². The second kappa shape index (κ2) is 4.31. The van der Waals surface area contributed by atoms with Gasteiger partial charge >= 0.3 is 0 Å². The van der Waals surface area contributed by atoms with E-state index in [4.69, 9.17) is 0 Å². The van der Waals surface area contributed by atoms with Crippen LogP contribution in [0.4, 0.5) is 0 Å². The lowest BCUT2D eigenvalue weighted by molar-refractivity contribution is 2.06. The standard InChI is InChI=1S/CHNS5/c1-2-4-6-7-5-3-1/h1H. The van der Waals surface area contributed by atoms with Crippen LogP contribution in [0.3, 0.4) is 0 Å². The molecule has 1 aliphatic rings. The van der Waals surface area contributed by atoms with Gasteiger partial charge in [0.2, 0.25) is 0 Å². The first-order chi connectivity index (χ1) is 3.50. The Kier molecular flexibility index (Phi) is 4.03. The van der Waals surface area contributed by atoms with Crippen LogP contribution in [0.1, 0.15) is 0 Å². The highest BCUT2D eigenvalue weighted by atomic mass is 33.8. The van der Waals surface area contributed by atoms with Gasteiger partial charge in [-0.2, -0.15) is 0 Å². The highest BCUT2D eigenvalue weighted by Crippen LogP contribution is 2.50. The highest BCUT2D eigenvalue weighted by Gasteiger charge is 1.93. The van der Waals surface area contributed by atoms with Gasteiger partial charge in [-0.3, -0.25) is 0 Å². The average molecular weight is 187 g/mol. The van der Waals surface area contributed by atoms with Crippen molar-refractivity contribution >= 4 is 56.8 Å². The first-order valence-electron chi connectivity index (χ1n) is 1.34. The molecule has 0 N–H and O–H groups in total. The van der Waals surface area contributed by atoms with Crippen LogP contribution in [0.2, 0.25) is 0 Å². The molecule has 0 aromatic rings. The van der Waals surface area contributed by atoms with Crippen molar-refractivity contribution in [1.29, 1.82) is 0 Å². The zero-order chi connectivity index (χ0) is 4.95. The molecule has 6 heteroatoms. The van der Waals surface area contributed by atoms with Crippen molar-refractivity contribution in [3.63, 3.8) is 0 Å². The Bertz CT molecular complexity index is 62.5. The minimum atomic E-state index is 1.52. The molecule has 0 saturated carbocycles. The van der Waals surface area contributed by atoms with Crippen LogP contribution in [0.15, 0.2) is 4.40 Å². The van der Waals surface area contributed by atoms with E-state index in [0.29, 0.717) is 0 Å². The summed E-state index contributed by atoms with van der Waals surface area (Å²) < 4.78 is 3.95. The van der Waals surface area contributed by atoms with Gasteiger partial charge in [-0.25, -0.2) is 4.40 Å². The second-order valence-electron chi connectivity index (χ2n) is 0.586. The fraction of sp³-hybridized carbons (Fsp3) is 0. The van der Waals surface area contributed by atoms with Gasteiger partial charge in [-0.05, 0) is 20.6 Å². The quantitative estimate of drug-likeness (QED) is 0.425. The third kappa shape index (κ3) is 3.07. The molecule has 0 unspecified atom stereocenters. The summed E-state index contributed by atoms with van der Waals surface area (Å²) in [6.07, 6.45) is 0. The molecule has 0 aromatic heterocycles. The van der Waals surface area contributed by atoms with Gasteiger partial charge in [-0.1, -0.05) is 0 Å². The van der Waals surface area contributed by atoms with E-state index in [1.54, 1.807) is 40.3 Å². The van der Waals surface area contributed by atoms with E-state index < -0.39 is 0 Å². The van der Waals surface area contributed by atoms with E-state index in [1.165, 1.54) is 11.0 Å². The van der Waals surface area contributed by atoms with Crippen molar-refractivity contribution in [2.45, 2.75) is 0 Å². The molecule has 0 aliphatic carbocycles. The average Bonchev–Trinajstić information content (AvgIpc) is 1.90. The Balaban J connectivity index is 2.20. The summed E-state index contributed by atoms with van der Waals surface area (Å²) in [4.78, 5) is 0. The summed E-state index contributed by atoms with van der Waals surface area (Å²) in [7, 11) is 8.37. The maximum atomic E-state index is 3.95. The van der Waals surface area contributed by atoms with Crippen LogP contribution in [0.5, 0.6) is 0 Å². The van der Waals surface area contributed by atoms with Crippen molar-refractivity contribution in [2.75, 3.05) is 0 Å². The molecule has 0 saturated heterocycles. The van der Waals surface area contributed by atoms with Crippen LogP contribution >= 0.6 is 51.3 Å². The van der Waals surface area contributed by atoms with Gasteiger partial charge in [0, 0.05) is 19.7 Å². The second-order valence-corrected chi connectivity index (χ2v) is 7.68. The van der Waals surface area contributed by atoms with Crippen LogP contribution in [0.25, 0.3) is 0 Å². The van der Waals surface area contributed by atoms with Crippen molar-refractivity contribution in [2.24, 2.45) is 4.40 Å². The predicted octanol–water partition coefficient (Wildman–Crippen LogP) is 3.27. The third-order valence-corrected chi connectivity index (χ3v) is 7.54. The van der Waals surface area contributed by atoms with E-state index in [9.17, 15) is 0 Å². The molecule has 40 valence electrons. The van der Waals surface area contributed by atoms with E-state index >= 15 is 0 Å². The zero-order valence-electron chi connectivity index (χ0n) is 3.07. The zero-order valence-corrected chi connectivity index (χ0v) is 7.15. The molecule has 1 rings (SSSR count). The summed E-state index contributed by atoms with van der Waals surface area (Å²) in [5, 5.41) is 0. The molecule has 1 nitrogen and oxygen atoms in total. The molecule has 0 radical (unpaired) electrons. The molecule has 0 amide bonds. The molecule has 0 atom stereocenters. The molecular weight excluding hydrogens is 186 g/mol. The highest BCUT2D eigenvalue weighted by molar-refractivity contribution is 9.37. The Morgan fingerprint density at radius 3 is 3.14 bits per heavy atom. The fourth-order valence-electron chi connectivity index (χ4n) is 0.110. The Morgan fingerprint density at radius 1 is 1.14 bits per heavy atom. The fourth-order valence-corrected chi connectivity index (χ4v) is 6.96. The molecule has 1 heterocycles. The molecular formula is CHNS5. The number of hydrogen-bond donors (Lipinski definition) is 0. The summed E-state index contributed by atoms with van der Waals surface area (Å²) in [5.41, 5.74) is 1.85. The van der Waals surface area contributed by atoms with Gasteiger partial charge in [-0.15, -0.1) is 0 Å². The maximum absolute atomic E-state index is 3.95. The predicted molar refractivity (Wildman–Crippen MR) is 46.4 cm³/mol. The minimum Gasteiger partial charge on any atom is -0.204 e. The largest absolute Gasteiger partial charge is 0.204 e. The summed E-state index contributed by atoms with van der Waals surface area (Å²) in [6, 6.07) is 0. The normalized spacial score (nSPS) is 21.7. The van der Waals surface area contributed by atoms with Crippen molar-refractivity contribution in [3.05, 3.63) is 0 Å². The molecule has 0 aromatic carbocycles. The molecule has 0 spiro atoms. The Morgan fingerprint density at radius 2 is 2.14 bits per heavy atom. The number of nitrogens with zero attached hydrogens (tertiary/aromatic N) is 1.